The van der Waals surface area contributed by atoms with Gasteiger partial charge in [0, 0.05) is 11.3 Å². The molecule has 0 saturated carbocycles. The fourth-order valence-electron chi connectivity index (χ4n) is 2.09. The van der Waals surface area contributed by atoms with Gasteiger partial charge in [0.05, 0.1) is 5.56 Å². The van der Waals surface area contributed by atoms with Crippen molar-refractivity contribution in [1.82, 2.24) is 0 Å². The fraction of sp³-hybridized carbons (Fsp3) is 0.188. The highest BCUT2D eigenvalue weighted by molar-refractivity contribution is 7.90. The number of benzene rings is 2. The van der Waals surface area contributed by atoms with Crippen LogP contribution in [0.5, 0.6) is 11.5 Å². The summed E-state index contributed by atoms with van der Waals surface area (Å²) in [4.78, 5) is 11.2. The van der Waals surface area contributed by atoms with Crippen LogP contribution >= 0.6 is 11.6 Å². The summed E-state index contributed by atoms with van der Waals surface area (Å²) in [6, 6.07) is 9.03. The maximum Gasteiger partial charge on any atom is 0.336 e. The van der Waals surface area contributed by atoms with Gasteiger partial charge in [-0.25, -0.2) is 13.2 Å². The number of rotatable bonds is 5. The molecular weight excluding hydrogens is 340 g/mol. The average Bonchev–Trinajstić information content (AvgIpc) is 2.47. The average molecular weight is 355 g/mol. The zero-order valence-corrected chi connectivity index (χ0v) is 14.1. The molecule has 0 aliphatic heterocycles. The Morgan fingerprint density at radius 1 is 1.22 bits per heavy atom. The van der Waals surface area contributed by atoms with Gasteiger partial charge in [-0.2, -0.15) is 0 Å². The van der Waals surface area contributed by atoms with Crippen LogP contribution in [-0.2, 0) is 16.3 Å². The number of aryl methyl sites for hydroxylation is 1. The summed E-state index contributed by atoms with van der Waals surface area (Å²) in [5.41, 5.74) is 0.449. The van der Waals surface area contributed by atoms with Gasteiger partial charge in [-0.1, -0.05) is 18.5 Å². The molecule has 5 nitrogen and oxygen atoms in total. The Bertz CT molecular complexity index is 842. The normalized spacial score (nSPS) is 11.3. The monoisotopic (exact) mass is 354 g/mol. The molecule has 2 aromatic rings. The summed E-state index contributed by atoms with van der Waals surface area (Å²) in [5, 5.41) is 9.77. The molecule has 0 aromatic heterocycles. The fourth-order valence-corrected chi connectivity index (χ4v) is 3.02. The van der Waals surface area contributed by atoms with Crippen molar-refractivity contribution >= 4 is 27.4 Å². The van der Waals surface area contributed by atoms with E-state index in [1.807, 2.05) is 0 Å². The zero-order valence-electron chi connectivity index (χ0n) is 12.5. The first kappa shape index (κ1) is 17.3. The first-order valence-electron chi connectivity index (χ1n) is 6.76. The maximum absolute atomic E-state index is 12.0. The number of halogens is 1. The second-order valence-corrected chi connectivity index (χ2v) is 7.36. The van der Waals surface area contributed by atoms with Crippen molar-refractivity contribution in [3.05, 3.63) is 52.5 Å². The highest BCUT2D eigenvalue weighted by atomic mass is 35.5. The van der Waals surface area contributed by atoms with E-state index in [9.17, 15) is 18.3 Å². The van der Waals surface area contributed by atoms with Crippen molar-refractivity contribution in [1.29, 1.82) is 0 Å². The van der Waals surface area contributed by atoms with Crippen LogP contribution in [0.3, 0.4) is 0 Å². The highest BCUT2D eigenvalue weighted by Gasteiger charge is 2.21. The van der Waals surface area contributed by atoms with E-state index in [-0.39, 0.29) is 16.2 Å². The van der Waals surface area contributed by atoms with E-state index in [4.69, 9.17) is 16.3 Å². The minimum atomic E-state index is -3.66. The van der Waals surface area contributed by atoms with Gasteiger partial charge < -0.3 is 9.84 Å². The third-order valence-corrected chi connectivity index (χ3v) is 4.59. The first-order valence-corrected chi connectivity index (χ1v) is 9.03. The molecule has 0 aliphatic rings. The molecule has 122 valence electrons. The van der Waals surface area contributed by atoms with Crippen LogP contribution in [0, 0.1) is 0 Å². The zero-order chi connectivity index (χ0) is 17.2. The number of hydrogen-bond donors (Lipinski definition) is 1. The number of sulfone groups is 1. The standard InChI is InChI=1S/C16H15ClO5S/c1-3-10-8-14(22-12-6-4-11(17)5-7-12)15(23(2,20)21)9-13(10)16(18)19/h4-9H,3H2,1-2H3,(H,18,19). The lowest BCUT2D eigenvalue weighted by Gasteiger charge is -2.14. The molecule has 2 aromatic carbocycles. The summed E-state index contributed by atoms with van der Waals surface area (Å²) >= 11 is 5.81. The Morgan fingerprint density at radius 3 is 2.30 bits per heavy atom. The van der Waals surface area contributed by atoms with E-state index in [1.165, 1.54) is 6.07 Å². The summed E-state index contributed by atoms with van der Waals surface area (Å²) < 4.78 is 29.6. The minimum Gasteiger partial charge on any atom is -0.478 e. The Kier molecular flexibility index (Phi) is 4.97. The van der Waals surface area contributed by atoms with Crippen molar-refractivity contribution < 1.29 is 23.1 Å². The van der Waals surface area contributed by atoms with Gasteiger partial charge >= 0.3 is 5.97 Å². The lowest BCUT2D eigenvalue weighted by atomic mass is 10.0. The van der Waals surface area contributed by atoms with E-state index in [2.05, 4.69) is 0 Å². The molecule has 0 unspecified atom stereocenters. The summed E-state index contributed by atoms with van der Waals surface area (Å²) in [5.74, 6) is -0.675. The SMILES string of the molecule is CCc1cc(Oc2ccc(Cl)cc2)c(S(C)(=O)=O)cc1C(=O)O. The molecule has 0 aliphatic carbocycles. The first-order chi connectivity index (χ1) is 10.7. The van der Waals surface area contributed by atoms with Crippen molar-refractivity contribution in [3.63, 3.8) is 0 Å². The third kappa shape index (κ3) is 4.03. The number of hydrogen-bond acceptors (Lipinski definition) is 4. The Labute approximate surface area is 139 Å². The Balaban J connectivity index is 2.60. The van der Waals surface area contributed by atoms with Crippen LogP contribution in [0.25, 0.3) is 0 Å². The molecule has 7 heteroatoms. The van der Waals surface area contributed by atoms with Crippen molar-refractivity contribution in [2.45, 2.75) is 18.2 Å². The lowest BCUT2D eigenvalue weighted by Crippen LogP contribution is -2.08. The van der Waals surface area contributed by atoms with Crippen LogP contribution in [0.4, 0.5) is 0 Å². The molecule has 0 fully saturated rings. The summed E-state index contributed by atoms with van der Waals surface area (Å²) in [6.45, 7) is 1.79. The van der Waals surface area contributed by atoms with E-state index in [0.29, 0.717) is 22.8 Å². The molecule has 0 spiro atoms. The van der Waals surface area contributed by atoms with E-state index < -0.39 is 15.8 Å². The molecule has 0 amide bonds. The predicted octanol–water partition coefficient (Wildman–Crippen LogP) is 3.80. The van der Waals surface area contributed by atoms with Gasteiger partial charge in [-0.05, 0) is 48.4 Å². The molecule has 2 rings (SSSR count). The van der Waals surface area contributed by atoms with Crippen LogP contribution < -0.4 is 4.74 Å². The van der Waals surface area contributed by atoms with Gasteiger partial charge in [0.1, 0.15) is 16.4 Å². The van der Waals surface area contributed by atoms with Crippen LogP contribution in [0.2, 0.25) is 5.02 Å². The number of carboxylic acids is 1. The van der Waals surface area contributed by atoms with E-state index in [0.717, 1.165) is 12.3 Å². The Hall–Kier alpha value is -2.05. The second-order valence-electron chi connectivity index (χ2n) is 4.94. The summed E-state index contributed by atoms with van der Waals surface area (Å²) in [7, 11) is -3.66. The quantitative estimate of drug-likeness (QED) is 0.883. The molecule has 23 heavy (non-hydrogen) atoms. The lowest BCUT2D eigenvalue weighted by molar-refractivity contribution is 0.0695. The van der Waals surface area contributed by atoms with Gasteiger partial charge in [-0.15, -0.1) is 0 Å². The van der Waals surface area contributed by atoms with E-state index in [1.54, 1.807) is 31.2 Å². The minimum absolute atomic E-state index is 0.0450. The van der Waals surface area contributed by atoms with Crippen molar-refractivity contribution in [3.8, 4) is 11.5 Å². The van der Waals surface area contributed by atoms with E-state index >= 15 is 0 Å². The number of aromatic carboxylic acids is 1. The molecular formula is C16H15ClO5S. The van der Waals surface area contributed by atoms with Crippen molar-refractivity contribution in [2.24, 2.45) is 0 Å². The maximum atomic E-state index is 12.0. The van der Waals surface area contributed by atoms with Gasteiger partial charge in [0.15, 0.2) is 9.84 Å². The van der Waals surface area contributed by atoms with Gasteiger partial charge in [0.25, 0.3) is 0 Å². The third-order valence-electron chi connectivity index (χ3n) is 3.22. The predicted molar refractivity (Wildman–Crippen MR) is 87.4 cm³/mol. The van der Waals surface area contributed by atoms with Gasteiger partial charge in [0.2, 0.25) is 0 Å². The molecule has 0 heterocycles. The summed E-state index contributed by atoms with van der Waals surface area (Å²) in [6.07, 6.45) is 1.44. The van der Waals surface area contributed by atoms with Crippen LogP contribution in [0.1, 0.15) is 22.8 Å². The topological polar surface area (TPSA) is 80.7 Å². The second kappa shape index (κ2) is 6.60. The number of ether oxygens (including phenoxy) is 1. The smallest absolute Gasteiger partial charge is 0.336 e. The number of carbonyl (C=O) groups is 1. The molecule has 0 atom stereocenters. The largest absolute Gasteiger partial charge is 0.478 e. The van der Waals surface area contributed by atoms with Crippen LogP contribution in [0.15, 0.2) is 41.3 Å². The van der Waals surface area contributed by atoms with Crippen molar-refractivity contribution in [2.75, 3.05) is 6.26 Å². The highest BCUT2D eigenvalue weighted by Crippen LogP contribution is 2.32. The molecule has 1 N–H and O–H groups in total. The van der Waals surface area contributed by atoms with Crippen LogP contribution in [-0.4, -0.2) is 25.7 Å². The molecule has 0 saturated heterocycles. The molecule has 0 radical (unpaired) electrons. The molecule has 0 bridgehead atoms. The number of carboxylic acid groups (broad SMARTS) is 1. The van der Waals surface area contributed by atoms with Gasteiger partial charge in [-0.3, -0.25) is 0 Å². The Morgan fingerprint density at radius 2 is 1.83 bits per heavy atom.